The minimum Gasteiger partial charge on any atom is -0.377 e. The van der Waals surface area contributed by atoms with Crippen LogP contribution < -0.4 is 5.32 Å². The van der Waals surface area contributed by atoms with Crippen molar-refractivity contribution in [3.05, 3.63) is 0 Å². The van der Waals surface area contributed by atoms with Crippen LogP contribution in [0.15, 0.2) is 0 Å². The highest BCUT2D eigenvalue weighted by Gasteiger charge is 2.19. The van der Waals surface area contributed by atoms with Gasteiger partial charge in [-0.2, -0.15) is 0 Å². The minimum atomic E-state index is 0.377. The highest BCUT2D eigenvalue weighted by atomic mass is 16.5. The van der Waals surface area contributed by atoms with Gasteiger partial charge < -0.3 is 10.1 Å². The van der Waals surface area contributed by atoms with Crippen LogP contribution in [-0.2, 0) is 4.74 Å². The zero-order valence-electron chi connectivity index (χ0n) is 10.5. The van der Waals surface area contributed by atoms with Crippen molar-refractivity contribution in [2.45, 2.75) is 59.6 Å². The van der Waals surface area contributed by atoms with E-state index in [9.17, 15) is 0 Å². The van der Waals surface area contributed by atoms with Crippen molar-refractivity contribution in [3.8, 4) is 0 Å². The van der Waals surface area contributed by atoms with Crippen LogP contribution in [-0.4, -0.2) is 25.3 Å². The molecule has 0 saturated carbocycles. The van der Waals surface area contributed by atoms with Gasteiger partial charge in [-0.1, -0.05) is 27.7 Å². The molecule has 0 heterocycles. The summed E-state index contributed by atoms with van der Waals surface area (Å²) in [5, 5.41) is 3.52. The van der Waals surface area contributed by atoms with E-state index in [1.165, 1.54) is 6.42 Å². The molecule has 0 aromatic rings. The molecule has 2 nitrogen and oxygen atoms in total. The summed E-state index contributed by atoms with van der Waals surface area (Å²) in [7, 11) is 0. The predicted octanol–water partition coefficient (Wildman–Crippen LogP) is 2.83. The summed E-state index contributed by atoms with van der Waals surface area (Å²) in [5.41, 5.74) is 0. The Bertz CT molecular complexity index is 125. The number of nitrogens with one attached hydrogen (secondary N) is 1. The molecule has 0 aromatic carbocycles. The molecule has 1 N–H and O–H groups in total. The first-order valence-electron chi connectivity index (χ1n) is 6.00. The maximum absolute atomic E-state index is 5.74. The van der Waals surface area contributed by atoms with Gasteiger partial charge in [-0.05, 0) is 32.2 Å². The number of hydrogen-bond donors (Lipinski definition) is 1. The highest BCUT2D eigenvalue weighted by molar-refractivity contribution is 4.76. The summed E-state index contributed by atoms with van der Waals surface area (Å²) in [5.74, 6) is 0.730. The number of likely N-dealkylation sites (N-methyl/N-ethyl adjacent to an activating group) is 1. The zero-order valence-corrected chi connectivity index (χ0v) is 10.5. The van der Waals surface area contributed by atoms with Gasteiger partial charge in [0.05, 0.1) is 6.10 Å². The van der Waals surface area contributed by atoms with Crippen LogP contribution in [0.4, 0.5) is 0 Å². The first kappa shape index (κ1) is 13.9. The largest absolute Gasteiger partial charge is 0.377 e. The van der Waals surface area contributed by atoms with Crippen LogP contribution in [0.5, 0.6) is 0 Å². The number of rotatable bonds is 8. The Labute approximate surface area is 89.4 Å². The summed E-state index contributed by atoms with van der Waals surface area (Å²) >= 11 is 0. The molecule has 14 heavy (non-hydrogen) atoms. The van der Waals surface area contributed by atoms with Crippen molar-refractivity contribution in [1.29, 1.82) is 0 Å². The molecule has 0 spiro atoms. The second-order valence-corrected chi connectivity index (χ2v) is 4.20. The Morgan fingerprint density at radius 3 is 2.14 bits per heavy atom. The summed E-state index contributed by atoms with van der Waals surface area (Å²) in [6, 6.07) is 0.518. The van der Waals surface area contributed by atoms with Crippen molar-refractivity contribution in [3.63, 3.8) is 0 Å². The maximum Gasteiger partial charge on any atom is 0.0725 e. The summed E-state index contributed by atoms with van der Waals surface area (Å²) in [6.45, 7) is 12.8. The van der Waals surface area contributed by atoms with Crippen molar-refractivity contribution in [1.82, 2.24) is 5.32 Å². The lowest BCUT2D eigenvalue weighted by molar-refractivity contribution is 0.0269. The fraction of sp³-hybridized carbons (Fsp3) is 1.00. The normalized spacial score (nSPS) is 15.9. The van der Waals surface area contributed by atoms with E-state index in [0.717, 1.165) is 25.5 Å². The molecule has 0 rings (SSSR count). The lowest BCUT2D eigenvalue weighted by Gasteiger charge is -2.28. The SMILES string of the molecule is CCNC(CC(C)C)C(CC)OCC. The van der Waals surface area contributed by atoms with E-state index in [2.05, 4.69) is 39.9 Å². The standard InChI is InChI=1S/C12H27NO/c1-6-12(14-8-3)11(13-7-2)9-10(4)5/h10-13H,6-9H2,1-5H3. The first-order valence-corrected chi connectivity index (χ1v) is 6.00. The molecular weight excluding hydrogens is 174 g/mol. The van der Waals surface area contributed by atoms with E-state index in [4.69, 9.17) is 4.74 Å². The first-order chi connectivity index (χ1) is 6.65. The molecule has 0 aliphatic heterocycles. The Balaban J connectivity index is 4.11. The van der Waals surface area contributed by atoms with Gasteiger partial charge in [0.1, 0.15) is 0 Å². The highest BCUT2D eigenvalue weighted by Crippen LogP contribution is 2.13. The van der Waals surface area contributed by atoms with Gasteiger partial charge in [-0.3, -0.25) is 0 Å². The number of ether oxygens (including phenoxy) is 1. The van der Waals surface area contributed by atoms with Crippen LogP contribution in [0.2, 0.25) is 0 Å². The van der Waals surface area contributed by atoms with Crippen molar-refractivity contribution >= 4 is 0 Å². The zero-order chi connectivity index (χ0) is 11.0. The molecule has 0 fully saturated rings. The predicted molar refractivity (Wildman–Crippen MR) is 62.6 cm³/mol. The molecule has 2 heteroatoms. The van der Waals surface area contributed by atoms with E-state index in [0.29, 0.717) is 12.1 Å². The topological polar surface area (TPSA) is 21.3 Å². The molecule has 86 valence electrons. The fourth-order valence-corrected chi connectivity index (χ4v) is 1.87. The van der Waals surface area contributed by atoms with Gasteiger partial charge in [-0.15, -0.1) is 0 Å². The van der Waals surface area contributed by atoms with Crippen LogP contribution in [0.1, 0.15) is 47.5 Å². The Morgan fingerprint density at radius 1 is 1.14 bits per heavy atom. The van der Waals surface area contributed by atoms with Gasteiger partial charge in [-0.25, -0.2) is 0 Å². The molecule has 0 amide bonds. The van der Waals surface area contributed by atoms with Gasteiger partial charge in [0.25, 0.3) is 0 Å². The maximum atomic E-state index is 5.74. The van der Waals surface area contributed by atoms with Crippen LogP contribution in [0.3, 0.4) is 0 Å². The van der Waals surface area contributed by atoms with Crippen LogP contribution in [0.25, 0.3) is 0 Å². The van der Waals surface area contributed by atoms with Crippen LogP contribution >= 0.6 is 0 Å². The molecule has 2 unspecified atom stereocenters. The molecule has 0 radical (unpaired) electrons. The average Bonchev–Trinajstić information content (AvgIpc) is 2.13. The lowest BCUT2D eigenvalue weighted by Crippen LogP contribution is -2.42. The second-order valence-electron chi connectivity index (χ2n) is 4.20. The van der Waals surface area contributed by atoms with E-state index in [1.54, 1.807) is 0 Å². The molecule has 2 atom stereocenters. The smallest absolute Gasteiger partial charge is 0.0725 e. The molecule has 0 aromatic heterocycles. The van der Waals surface area contributed by atoms with Crippen molar-refractivity contribution < 1.29 is 4.74 Å². The Kier molecular flexibility index (Phi) is 8.20. The fourth-order valence-electron chi connectivity index (χ4n) is 1.87. The molecular formula is C12H27NO. The van der Waals surface area contributed by atoms with Crippen LogP contribution in [0, 0.1) is 5.92 Å². The third-order valence-corrected chi connectivity index (χ3v) is 2.42. The van der Waals surface area contributed by atoms with Crippen molar-refractivity contribution in [2.24, 2.45) is 5.92 Å². The summed E-state index contributed by atoms with van der Waals surface area (Å²) in [6.07, 6.45) is 2.67. The summed E-state index contributed by atoms with van der Waals surface area (Å²) < 4.78 is 5.74. The molecule has 0 saturated heterocycles. The molecule has 0 aliphatic carbocycles. The van der Waals surface area contributed by atoms with Gasteiger partial charge in [0.2, 0.25) is 0 Å². The lowest BCUT2D eigenvalue weighted by atomic mass is 9.97. The van der Waals surface area contributed by atoms with E-state index < -0.39 is 0 Å². The quantitative estimate of drug-likeness (QED) is 0.652. The molecule has 0 aliphatic rings. The summed E-state index contributed by atoms with van der Waals surface area (Å²) in [4.78, 5) is 0. The minimum absolute atomic E-state index is 0.377. The third-order valence-electron chi connectivity index (χ3n) is 2.42. The van der Waals surface area contributed by atoms with Gasteiger partial charge in [0.15, 0.2) is 0 Å². The van der Waals surface area contributed by atoms with E-state index in [1.807, 2.05) is 0 Å². The Hall–Kier alpha value is -0.0800. The number of hydrogen-bond acceptors (Lipinski definition) is 2. The Morgan fingerprint density at radius 2 is 1.79 bits per heavy atom. The van der Waals surface area contributed by atoms with Gasteiger partial charge >= 0.3 is 0 Å². The second kappa shape index (κ2) is 8.25. The van der Waals surface area contributed by atoms with E-state index >= 15 is 0 Å². The molecule has 0 bridgehead atoms. The average molecular weight is 201 g/mol. The van der Waals surface area contributed by atoms with E-state index in [-0.39, 0.29) is 0 Å². The van der Waals surface area contributed by atoms with Gasteiger partial charge in [0, 0.05) is 12.6 Å². The third kappa shape index (κ3) is 5.61. The monoisotopic (exact) mass is 201 g/mol. The van der Waals surface area contributed by atoms with Crippen molar-refractivity contribution in [2.75, 3.05) is 13.2 Å².